The van der Waals surface area contributed by atoms with E-state index in [4.69, 9.17) is 14.2 Å². The van der Waals surface area contributed by atoms with Crippen molar-refractivity contribution in [3.63, 3.8) is 0 Å². The van der Waals surface area contributed by atoms with Crippen molar-refractivity contribution in [1.29, 1.82) is 0 Å². The van der Waals surface area contributed by atoms with Crippen molar-refractivity contribution in [1.82, 2.24) is 10.0 Å². The molecule has 0 heterocycles. The van der Waals surface area contributed by atoms with E-state index in [1.54, 1.807) is 20.8 Å². The number of hydrazine groups is 1. The van der Waals surface area contributed by atoms with E-state index in [2.05, 4.69) is 0 Å². The van der Waals surface area contributed by atoms with Crippen LogP contribution in [0.2, 0.25) is 0 Å². The summed E-state index contributed by atoms with van der Waals surface area (Å²) < 4.78 is 15.4. The number of amides is 2. The van der Waals surface area contributed by atoms with E-state index in [0.29, 0.717) is 6.42 Å². The third-order valence-corrected chi connectivity index (χ3v) is 3.51. The van der Waals surface area contributed by atoms with Gasteiger partial charge in [-0.2, -0.15) is 0 Å². The Kier molecular flexibility index (Phi) is 9.27. The highest BCUT2D eigenvalue weighted by molar-refractivity contribution is 5.77. The summed E-state index contributed by atoms with van der Waals surface area (Å²) in [5, 5.41) is 2.17. The molecule has 0 N–H and O–H groups in total. The maximum absolute atomic E-state index is 12.4. The van der Waals surface area contributed by atoms with Gasteiger partial charge in [0.1, 0.15) is 12.2 Å². The molecule has 0 atom stereocenters. The molecule has 0 aromatic heterocycles. The number of hydrogen-bond acceptors (Lipinski definition) is 6. The molecule has 8 heteroatoms. The minimum absolute atomic E-state index is 0.0918. The number of hydrogen-bond donors (Lipinski definition) is 0. The fourth-order valence-corrected chi connectivity index (χ4v) is 2.07. The molecular formula is C20H30N2O6. The Morgan fingerprint density at radius 3 is 2.21 bits per heavy atom. The number of nitrogens with zero attached hydrogens (tertiary/aromatic N) is 2. The summed E-state index contributed by atoms with van der Waals surface area (Å²) >= 11 is 0. The molecule has 1 rings (SSSR count). The summed E-state index contributed by atoms with van der Waals surface area (Å²) in [6, 6.07) is 9.17. The molecule has 0 aliphatic rings. The van der Waals surface area contributed by atoms with E-state index in [0.717, 1.165) is 22.0 Å². The number of carbonyl (C=O) groups is 3. The topological polar surface area (TPSA) is 85.4 Å². The summed E-state index contributed by atoms with van der Waals surface area (Å²) in [5.74, 6) is -0.674. The Morgan fingerprint density at radius 1 is 1.00 bits per heavy atom. The van der Waals surface area contributed by atoms with Gasteiger partial charge in [-0.3, -0.25) is 0 Å². The molecule has 2 amide bonds. The van der Waals surface area contributed by atoms with E-state index in [1.165, 1.54) is 7.05 Å². The third-order valence-electron chi connectivity index (χ3n) is 3.51. The number of carbonyl (C=O) groups excluding carboxylic acids is 3. The van der Waals surface area contributed by atoms with E-state index >= 15 is 0 Å². The minimum atomic E-state index is -0.821. The van der Waals surface area contributed by atoms with Crippen molar-refractivity contribution >= 4 is 18.2 Å². The molecule has 0 saturated carbocycles. The maximum Gasteiger partial charge on any atom is 0.429 e. The lowest BCUT2D eigenvalue weighted by molar-refractivity contribution is -0.149. The highest BCUT2D eigenvalue weighted by Crippen LogP contribution is 2.12. The number of esters is 1. The predicted molar refractivity (Wildman–Crippen MR) is 103 cm³/mol. The predicted octanol–water partition coefficient (Wildman–Crippen LogP) is 3.75. The molecular weight excluding hydrogens is 364 g/mol. The summed E-state index contributed by atoms with van der Waals surface area (Å²) in [4.78, 5) is 36.4. The molecule has 8 nitrogen and oxygen atoms in total. The highest BCUT2D eigenvalue weighted by Gasteiger charge is 2.28. The summed E-state index contributed by atoms with van der Waals surface area (Å²) in [5.41, 5.74) is 0.129. The van der Waals surface area contributed by atoms with Gasteiger partial charge in [0.2, 0.25) is 0 Å². The van der Waals surface area contributed by atoms with Gasteiger partial charge in [0.15, 0.2) is 6.61 Å². The Bertz CT molecular complexity index is 642. The second-order valence-electron chi connectivity index (χ2n) is 7.18. The van der Waals surface area contributed by atoms with Gasteiger partial charge in [-0.15, -0.1) is 0 Å². The Balaban J connectivity index is 2.58. The lowest BCUT2D eigenvalue weighted by atomic mass is 10.2. The van der Waals surface area contributed by atoms with Gasteiger partial charge >= 0.3 is 18.2 Å². The fourth-order valence-electron chi connectivity index (χ4n) is 2.07. The van der Waals surface area contributed by atoms with Gasteiger partial charge in [0.05, 0.1) is 0 Å². The lowest BCUT2D eigenvalue weighted by Crippen LogP contribution is -2.50. The minimum Gasteiger partial charge on any atom is -0.458 e. The second kappa shape index (κ2) is 11.2. The van der Waals surface area contributed by atoms with Crippen molar-refractivity contribution in [3.05, 3.63) is 35.9 Å². The number of benzene rings is 1. The van der Waals surface area contributed by atoms with Crippen molar-refractivity contribution in [2.45, 2.75) is 52.7 Å². The van der Waals surface area contributed by atoms with Gasteiger partial charge < -0.3 is 14.2 Å². The van der Waals surface area contributed by atoms with Crippen LogP contribution in [0.25, 0.3) is 0 Å². The van der Waals surface area contributed by atoms with Gasteiger partial charge in [0, 0.05) is 13.6 Å². The fraction of sp³-hybridized carbons (Fsp3) is 0.550. The van der Waals surface area contributed by atoms with Crippen LogP contribution in [0.3, 0.4) is 0 Å². The molecule has 28 heavy (non-hydrogen) atoms. The van der Waals surface area contributed by atoms with Gasteiger partial charge in [-0.25, -0.2) is 24.4 Å². The lowest BCUT2D eigenvalue weighted by Gasteiger charge is -2.32. The third kappa shape index (κ3) is 8.75. The van der Waals surface area contributed by atoms with Crippen LogP contribution in [0.1, 0.15) is 46.1 Å². The molecule has 0 bridgehead atoms. The molecule has 156 valence electrons. The summed E-state index contributed by atoms with van der Waals surface area (Å²) in [6.45, 7) is 6.95. The zero-order valence-electron chi connectivity index (χ0n) is 17.3. The average molecular weight is 394 g/mol. The molecule has 1 aromatic rings. The molecule has 0 aliphatic heterocycles. The molecule has 0 radical (unpaired) electrons. The molecule has 0 saturated heterocycles. The first-order valence-corrected chi connectivity index (χ1v) is 9.24. The number of ether oxygens (including phenoxy) is 3. The Hall–Kier alpha value is -2.77. The van der Waals surface area contributed by atoms with Crippen LogP contribution in [0.5, 0.6) is 0 Å². The first-order chi connectivity index (χ1) is 13.1. The second-order valence-corrected chi connectivity index (χ2v) is 7.18. The van der Waals surface area contributed by atoms with Crippen LogP contribution in [0.15, 0.2) is 30.3 Å². The first-order valence-electron chi connectivity index (χ1n) is 9.24. The molecule has 0 aliphatic carbocycles. The standard InChI is InChI=1S/C20H30N2O6/c1-6-7-13-22(21(5)18(24)28-20(2,3)4)19(25)27-15-17(23)26-14-16-11-9-8-10-12-16/h8-12H,6-7,13-15H2,1-5H3. The highest BCUT2D eigenvalue weighted by atomic mass is 16.6. The normalized spacial score (nSPS) is 10.8. The van der Waals surface area contributed by atoms with E-state index in [-0.39, 0.29) is 13.2 Å². The summed E-state index contributed by atoms with van der Waals surface area (Å²) in [6.07, 6.45) is -0.0446. The van der Waals surface area contributed by atoms with Crippen molar-refractivity contribution < 1.29 is 28.6 Å². The zero-order chi connectivity index (χ0) is 21.2. The molecule has 0 unspecified atom stereocenters. The summed E-state index contributed by atoms with van der Waals surface area (Å²) in [7, 11) is 1.42. The van der Waals surface area contributed by atoms with Crippen LogP contribution >= 0.6 is 0 Å². The smallest absolute Gasteiger partial charge is 0.429 e. The zero-order valence-corrected chi connectivity index (χ0v) is 17.3. The Labute approximate surface area is 166 Å². The van der Waals surface area contributed by atoms with E-state index < -0.39 is 30.4 Å². The molecule has 1 aromatic carbocycles. The first kappa shape index (κ1) is 23.3. The van der Waals surface area contributed by atoms with Gasteiger partial charge in [-0.1, -0.05) is 43.7 Å². The SMILES string of the molecule is CCCCN(C(=O)OCC(=O)OCc1ccccc1)N(C)C(=O)OC(C)(C)C. The van der Waals surface area contributed by atoms with Crippen molar-refractivity contribution in [2.24, 2.45) is 0 Å². The van der Waals surface area contributed by atoms with E-state index in [9.17, 15) is 14.4 Å². The van der Waals surface area contributed by atoms with Crippen LogP contribution < -0.4 is 0 Å². The monoisotopic (exact) mass is 394 g/mol. The maximum atomic E-state index is 12.4. The van der Waals surface area contributed by atoms with E-state index in [1.807, 2.05) is 37.3 Å². The molecule has 0 spiro atoms. The largest absolute Gasteiger partial charge is 0.458 e. The number of rotatable bonds is 7. The van der Waals surface area contributed by atoms with Crippen LogP contribution in [-0.2, 0) is 25.6 Å². The Morgan fingerprint density at radius 2 is 1.64 bits per heavy atom. The van der Waals surface area contributed by atoms with Crippen molar-refractivity contribution in [2.75, 3.05) is 20.2 Å². The van der Waals surface area contributed by atoms with Crippen molar-refractivity contribution in [3.8, 4) is 0 Å². The van der Waals surface area contributed by atoms with Crippen LogP contribution in [0, 0.1) is 0 Å². The van der Waals surface area contributed by atoms with Gasteiger partial charge in [-0.05, 0) is 32.8 Å². The van der Waals surface area contributed by atoms with Crippen LogP contribution in [0.4, 0.5) is 9.59 Å². The van der Waals surface area contributed by atoms with Crippen LogP contribution in [-0.4, -0.2) is 54.0 Å². The quantitative estimate of drug-likeness (QED) is 0.398. The average Bonchev–Trinajstić information content (AvgIpc) is 2.64. The number of unbranched alkanes of at least 4 members (excludes halogenated alkanes) is 1. The molecule has 0 fully saturated rings. The van der Waals surface area contributed by atoms with Gasteiger partial charge in [0.25, 0.3) is 0 Å².